The number of amides is 1. The Kier molecular flexibility index (Phi) is 2.74. The van der Waals surface area contributed by atoms with Crippen molar-refractivity contribution >= 4 is 5.91 Å². The lowest BCUT2D eigenvalue weighted by molar-refractivity contribution is -0.140. The highest BCUT2D eigenvalue weighted by atomic mass is 16.5. The zero-order valence-electron chi connectivity index (χ0n) is 8.50. The average molecular weight is 198 g/mol. The van der Waals surface area contributed by atoms with Crippen molar-refractivity contribution in [2.24, 2.45) is 5.73 Å². The molecule has 1 amide bonds. The van der Waals surface area contributed by atoms with Gasteiger partial charge in [0.1, 0.15) is 0 Å². The topological polar surface area (TPSA) is 55.6 Å². The van der Waals surface area contributed by atoms with E-state index in [4.69, 9.17) is 10.5 Å². The Labute approximate surface area is 84.4 Å². The highest BCUT2D eigenvalue weighted by Crippen LogP contribution is 2.29. The number of nitrogens with two attached hydrogens (primary N) is 1. The maximum Gasteiger partial charge on any atom is 0.242 e. The highest BCUT2D eigenvalue weighted by Gasteiger charge is 2.40. The predicted molar refractivity (Wildman–Crippen MR) is 52.8 cm³/mol. The fourth-order valence-corrected chi connectivity index (χ4v) is 2.30. The van der Waals surface area contributed by atoms with Crippen LogP contribution in [0.25, 0.3) is 0 Å². The molecule has 14 heavy (non-hydrogen) atoms. The van der Waals surface area contributed by atoms with Gasteiger partial charge >= 0.3 is 0 Å². The molecule has 4 nitrogen and oxygen atoms in total. The van der Waals surface area contributed by atoms with Gasteiger partial charge in [-0.05, 0) is 12.8 Å². The molecule has 0 spiro atoms. The summed E-state index contributed by atoms with van der Waals surface area (Å²) in [7, 11) is 0. The van der Waals surface area contributed by atoms with E-state index in [0.29, 0.717) is 26.3 Å². The largest absolute Gasteiger partial charge is 0.378 e. The Hall–Kier alpha value is -0.610. The summed E-state index contributed by atoms with van der Waals surface area (Å²) in [6.07, 6.45) is 3.88. The minimum Gasteiger partial charge on any atom is -0.378 e. The smallest absolute Gasteiger partial charge is 0.242 e. The van der Waals surface area contributed by atoms with E-state index in [9.17, 15) is 4.79 Å². The van der Waals surface area contributed by atoms with Gasteiger partial charge in [0, 0.05) is 13.1 Å². The van der Waals surface area contributed by atoms with Gasteiger partial charge in [-0.1, -0.05) is 12.8 Å². The van der Waals surface area contributed by atoms with E-state index in [1.165, 1.54) is 0 Å². The summed E-state index contributed by atoms with van der Waals surface area (Å²) in [5.74, 6) is 0.137. The third-order valence-electron chi connectivity index (χ3n) is 3.22. The van der Waals surface area contributed by atoms with E-state index in [2.05, 4.69) is 0 Å². The maximum atomic E-state index is 12.1. The molecule has 1 saturated heterocycles. The van der Waals surface area contributed by atoms with Gasteiger partial charge in [0.2, 0.25) is 5.91 Å². The summed E-state index contributed by atoms with van der Waals surface area (Å²) < 4.78 is 5.21. The van der Waals surface area contributed by atoms with Crippen LogP contribution in [0.4, 0.5) is 0 Å². The van der Waals surface area contributed by atoms with Crippen molar-refractivity contribution in [2.75, 3.05) is 26.3 Å². The monoisotopic (exact) mass is 198 g/mol. The molecule has 1 heterocycles. The molecule has 2 rings (SSSR count). The Morgan fingerprint density at radius 3 is 2.36 bits per heavy atom. The quantitative estimate of drug-likeness (QED) is 0.651. The average Bonchev–Trinajstić information content (AvgIpc) is 2.67. The molecule has 4 heteroatoms. The molecule has 2 fully saturated rings. The van der Waals surface area contributed by atoms with Gasteiger partial charge in [-0.2, -0.15) is 0 Å². The van der Waals surface area contributed by atoms with Gasteiger partial charge in [0.15, 0.2) is 0 Å². The molecule has 1 aliphatic carbocycles. The lowest BCUT2D eigenvalue weighted by Gasteiger charge is -2.33. The van der Waals surface area contributed by atoms with E-state index >= 15 is 0 Å². The minimum atomic E-state index is -0.558. The number of morpholine rings is 1. The predicted octanol–water partition coefficient (Wildman–Crippen LogP) is 0.117. The highest BCUT2D eigenvalue weighted by molar-refractivity contribution is 5.86. The number of carbonyl (C=O) groups excluding carboxylic acids is 1. The van der Waals surface area contributed by atoms with Gasteiger partial charge in [-0.3, -0.25) is 4.79 Å². The van der Waals surface area contributed by atoms with Crippen LogP contribution < -0.4 is 5.73 Å². The molecule has 1 saturated carbocycles. The molecule has 0 bridgehead atoms. The molecule has 0 unspecified atom stereocenters. The third kappa shape index (κ3) is 1.77. The van der Waals surface area contributed by atoms with Crippen molar-refractivity contribution in [3.05, 3.63) is 0 Å². The normalized spacial score (nSPS) is 26.5. The molecule has 0 aromatic carbocycles. The van der Waals surface area contributed by atoms with E-state index in [-0.39, 0.29) is 5.91 Å². The van der Waals surface area contributed by atoms with Crippen molar-refractivity contribution in [3.63, 3.8) is 0 Å². The van der Waals surface area contributed by atoms with Crippen molar-refractivity contribution in [1.82, 2.24) is 4.90 Å². The summed E-state index contributed by atoms with van der Waals surface area (Å²) in [5.41, 5.74) is 5.54. The Morgan fingerprint density at radius 1 is 1.21 bits per heavy atom. The Bertz CT molecular complexity index is 218. The van der Waals surface area contributed by atoms with Crippen LogP contribution in [-0.4, -0.2) is 42.6 Å². The zero-order valence-corrected chi connectivity index (χ0v) is 8.50. The number of nitrogens with zero attached hydrogens (tertiary/aromatic N) is 1. The molecule has 0 aromatic heterocycles. The summed E-state index contributed by atoms with van der Waals surface area (Å²) in [4.78, 5) is 13.9. The first kappa shape index (κ1) is 9.93. The Morgan fingerprint density at radius 2 is 1.79 bits per heavy atom. The molecule has 2 aliphatic rings. The number of rotatable bonds is 1. The number of carbonyl (C=O) groups is 1. The fourth-order valence-electron chi connectivity index (χ4n) is 2.30. The summed E-state index contributed by atoms with van der Waals surface area (Å²) >= 11 is 0. The van der Waals surface area contributed by atoms with Crippen LogP contribution in [0.5, 0.6) is 0 Å². The molecule has 0 aromatic rings. The minimum absolute atomic E-state index is 0.137. The third-order valence-corrected chi connectivity index (χ3v) is 3.22. The molecule has 0 radical (unpaired) electrons. The summed E-state index contributed by atoms with van der Waals surface area (Å²) in [6.45, 7) is 2.72. The fraction of sp³-hybridized carbons (Fsp3) is 0.900. The molecule has 0 atom stereocenters. The van der Waals surface area contributed by atoms with Crippen molar-refractivity contribution in [1.29, 1.82) is 0 Å². The van der Waals surface area contributed by atoms with E-state index in [0.717, 1.165) is 25.7 Å². The lowest BCUT2D eigenvalue weighted by atomic mass is 9.97. The second-order valence-electron chi connectivity index (χ2n) is 4.27. The first-order valence-electron chi connectivity index (χ1n) is 5.38. The van der Waals surface area contributed by atoms with Gasteiger partial charge in [-0.15, -0.1) is 0 Å². The van der Waals surface area contributed by atoms with Gasteiger partial charge in [0.25, 0.3) is 0 Å². The van der Waals surface area contributed by atoms with Crippen LogP contribution >= 0.6 is 0 Å². The van der Waals surface area contributed by atoms with Crippen LogP contribution in [-0.2, 0) is 9.53 Å². The van der Waals surface area contributed by atoms with Crippen molar-refractivity contribution < 1.29 is 9.53 Å². The van der Waals surface area contributed by atoms with Crippen LogP contribution in [0.2, 0.25) is 0 Å². The SMILES string of the molecule is NC1(C(=O)N2CCOCC2)CCCC1. The first-order valence-corrected chi connectivity index (χ1v) is 5.38. The second kappa shape index (κ2) is 3.87. The summed E-state index contributed by atoms with van der Waals surface area (Å²) in [5, 5.41) is 0. The van der Waals surface area contributed by atoms with Gasteiger partial charge in [-0.25, -0.2) is 0 Å². The van der Waals surface area contributed by atoms with E-state index < -0.39 is 5.54 Å². The molecular formula is C10H18N2O2. The number of ether oxygens (including phenoxy) is 1. The summed E-state index contributed by atoms with van der Waals surface area (Å²) in [6, 6.07) is 0. The first-order chi connectivity index (χ1) is 6.72. The molecule has 80 valence electrons. The van der Waals surface area contributed by atoms with Crippen molar-refractivity contribution in [3.8, 4) is 0 Å². The number of hydrogen-bond donors (Lipinski definition) is 1. The van der Waals surface area contributed by atoms with E-state index in [1.54, 1.807) is 0 Å². The molecule has 1 aliphatic heterocycles. The Balaban J connectivity index is 1.98. The maximum absolute atomic E-state index is 12.1. The van der Waals surface area contributed by atoms with Crippen LogP contribution in [0.15, 0.2) is 0 Å². The molecule has 2 N–H and O–H groups in total. The van der Waals surface area contributed by atoms with Crippen LogP contribution in [0.3, 0.4) is 0 Å². The standard InChI is InChI=1S/C10H18N2O2/c11-10(3-1-2-4-10)9(13)12-5-7-14-8-6-12/h1-8,11H2. The van der Waals surface area contributed by atoms with E-state index in [1.807, 2.05) is 4.90 Å². The van der Waals surface area contributed by atoms with Crippen LogP contribution in [0, 0.1) is 0 Å². The van der Waals surface area contributed by atoms with Crippen LogP contribution in [0.1, 0.15) is 25.7 Å². The lowest BCUT2D eigenvalue weighted by Crippen LogP contribution is -2.56. The number of hydrogen-bond acceptors (Lipinski definition) is 3. The second-order valence-corrected chi connectivity index (χ2v) is 4.27. The van der Waals surface area contributed by atoms with Crippen molar-refractivity contribution in [2.45, 2.75) is 31.2 Å². The zero-order chi connectivity index (χ0) is 10.0. The van der Waals surface area contributed by atoms with Gasteiger partial charge < -0.3 is 15.4 Å². The molecular weight excluding hydrogens is 180 g/mol. The van der Waals surface area contributed by atoms with Gasteiger partial charge in [0.05, 0.1) is 18.8 Å².